The summed E-state index contributed by atoms with van der Waals surface area (Å²) in [5, 5.41) is 145. The fourth-order valence-electron chi connectivity index (χ4n) is 19.0. The van der Waals surface area contributed by atoms with Gasteiger partial charge in [0.25, 0.3) is 0 Å². The smallest absolute Gasteiger partial charge is 0.338 e. The first-order chi connectivity index (χ1) is 47.2. The van der Waals surface area contributed by atoms with Gasteiger partial charge < -0.3 is 114 Å². The van der Waals surface area contributed by atoms with Crippen LogP contribution in [0.2, 0.25) is 0 Å². The van der Waals surface area contributed by atoms with E-state index in [1.54, 1.807) is 44.2 Å². The van der Waals surface area contributed by atoms with Gasteiger partial charge in [0.1, 0.15) is 85.5 Å². The van der Waals surface area contributed by atoms with Crippen molar-refractivity contribution in [3.63, 3.8) is 0 Å². The number of ether oxygens (including phenoxy) is 10. The number of aliphatic hydroxyl groups excluding tert-OH is 12. The van der Waals surface area contributed by atoms with Crippen LogP contribution in [0.1, 0.15) is 152 Å². The molecule has 0 bridgehead atoms. The molecule has 9 aliphatic rings. The molecule has 10 rings (SSSR count). The first kappa shape index (κ1) is 80.6. The Morgan fingerprint density at radius 1 is 0.673 bits per heavy atom. The van der Waals surface area contributed by atoms with Crippen molar-refractivity contribution in [2.75, 3.05) is 26.4 Å². The van der Waals surface area contributed by atoms with E-state index >= 15 is 0 Å². The molecule has 15 unspecified atom stereocenters. The second-order valence-corrected chi connectivity index (χ2v) is 31.9. The number of ketones is 1. The van der Waals surface area contributed by atoms with Crippen LogP contribution < -0.4 is 0 Å². The minimum Gasteiger partial charge on any atom is -0.479 e. The zero-order valence-electron chi connectivity index (χ0n) is 60.1. The molecule has 101 heavy (non-hydrogen) atoms. The maximum Gasteiger partial charge on any atom is 0.338 e. The standard InChI is InChI=1S/C67H100O27.C6H10O/c1-29(30(2)87-58(84)32-14-12-11-13-15-32)57(83)89-39-27-85-37(45(74)47(39)76)22-34-55(88-31(3)70)67(28-69)35(23-62(34,4)5)33-16-17-41-64(8)20-19-43(63(6,7)40(64)18-21-65(41,9)66(33,10)24-42(67)72)91-61-54(94-60-50(79)48(77)46(75)38(25-68)90-60)52(51(80)53(93-61)56(81)82)92-59-49(78)44(73)36(71)26-86-59;1-4-5(2)6(3)7/h11-16,29-30,34-55,59-61,68-69,71-80H,17-28H2,1-10H3,(H,81,82);4H,1-3H3/b;5-4-/t29?,30?,34-,35?,36+,37?,38?,39?,40?,41?,42+,43-,44+,45?,46-,47?,48+,49?,50?,51-,52+,53?,54?,55?,59-,60-,61+,64-,65+,66+,67-;/m0./s1. The fourth-order valence-corrected chi connectivity index (χ4v) is 19.0. The first-order valence-electron chi connectivity index (χ1n) is 35.5. The molecule has 0 spiro atoms. The highest BCUT2D eigenvalue weighted by molar-refractivity contribution is 5.92. The van der Waals surface area contributed by atoms with Gasteiger partial charge in [0.2, 0.25) is 0 Å². The minimum absolute atomic E-state index is 0.00976. The molecule has 31 atom stereocenters. The molecule has 1 aromatic rings. The Morgan fingerprint density at radius 3 is 1.92 bits per heavy atom. The molecule has 570 valence electrons. The van der Waals surface area contributed by atoms with Gasteiger partial charge in [-0.3, -0.25) is 14.4 Å². The number of rotatable bonds is 18. The molecule has 13 N–H and O–H groups in total. The number of Topliss-reactive ketones (excluding diaryl/α,β-unsaturated/α-hetero) is 1. The lowest BCUT2D eigenvalue weighted by atomic mass is 9.32. The average Bonchev–Trinajstić information content (AvgIpc) is 0.669. The number of aliphatic carboxylic acids is 1. The highest BCUT2D eigenvalue weighted by atomic mass is 16.8. The molecule has 0 radical (unpaired) electrons. The van der Waals surface area contributed by atoms with Crippen LogP contribution in [0.4, 0.5) is 0 Å². The van der Waals surface area contributed by atoms with E-state index < -0.39 is 229 Å². The lowest BCUT2D eigenvalue weighted by molar-refractivity contribution is -0.392. The maximum absolute atomic E-state index is 13.4. The van der Waals surface area contributed by atoms with E-state index in [2.05, 4.69) is 26.8 Å². The van der Waals surface area contributed by atoms with E-state index in [0.717, 1.165) is 11.1 Å². The number of hydrogen-bond acceptors (Lipinski definition) is 27. The van der Waals surface area contributed by atoms with Crippen LogP contribution in [0.5, 0.6) is 0 Å². The summed E-state index contributed by atoms with van der Waals surface area (Å²) in [5.41, 5.74) is -2.39. The number of carboxylic acid groups (broad SMARTS) is 1. The Kier molecular flexibility index (Phi) is 24.8. The van der Waals surface area contributed by atoms with E-state index in [0.29, 0.717) is 44.1 Å². The molecular formula is C73H110O28. The summed E-state index contributed by atoms with van der Waals surface area (Å²) in [4.78, 5) is 62.9. The maximum atomic E-state index is 13.4. The Morgan fingerprint density at radius 2 is 1.32 bits per heavy atom. The molecule has 28 nitrogen and oxygen atoms in total. The van der Waals surface area contributed by atoms with Gasteiger partial charge in [-0.1, -0.05) is 84.4 Å². The molecule has 1 aromatic carbocycles. The summed E-state index contributed by atoms with van der Waals surface area (Å²) in [6.07, 6.45) is -28.0. The summed E-state index contributed by atoms with van der Waals surface area (Å²) in [6.45, 7) is 22.2. The van der Waals surface area contributed by atoms with Crippen LogP contribution in [0.25, 0.3) is 0 Å². The highest BCUT2D eigenvalue weighted by Gasteiger charge is 2.74. The quantitative estimate of drug-likeness (QED) is 0.0328. The predicted octanol–water partition coefficient (Wildman–Crippen LogP) is 1.93. The normalized spacial score (nSPS) is 44.7. The van der Waals surface area contributed by atoms with Crippen LogP contribution in [0.3, 0.4) is 0 Å². The third-order valence-corrected chi connectivity index (χ3v) is 25.6. The summed E-state index contributed by atoms with van der Waals surface area (Å²) >= 11 is 0. The number of aliphatic hydroxyl groups is 12. The molecule has 4 aliphatic heterocycles. The van der Waals surface area contributed by atoms with Crippen molar-refractivity contribution in [2.24, 2.45) is 62.1 Å². The van der Waals surface area contributed by atoms with Gasteiger partial charge in [-0.15, -0.1) is 0 Å². The fraction of sp³-hybridized carbons (Fsp3) is 0.795. The molecular weight excluding hydrogens is 1320 g/mol. The van der Waals surface area contributed by atoms with E-state index in [9.17, 15) is 90.4 Å². The number of carbonyl (C=O) groups excluding carboxylic acids is 4. The SMILES string of the molecule is C/C=C(/C)C(C)=O.CC(=O)OC1[C@H](CC2OCC(OC(=O)C(C)C(C)OC(=O)c3ccccc3)C(O)C2O)C(C)(C)CC2C3=CCC4[C@@]5(C)CC[C@H](O[C@@H]6OC(C(=O)O)[C@@H](O)[C@@H](O[C@@H]7OC[C@@H](O)[C@@H](O)C7O)C6O[C@@H]6OC(CO)[C@H](O)[C@@H](O)C6O)C(C)(C)C5CC[C@@]4(C)[C@]3(C)C[C@@H](O)[C@]21CO. The topological polar surface area (TPSA) is 441 Å². The molecule has 0 aromatic heterocycles. The Labute approximate surface area is 589 Å². The summed E-state index contributed by atoms with van der Waals surface area (Å²) < 4.78 is 60.4. The summed E-state index contributed by atoms with van der Waals surface area (Å²) in [6, 6.07) is 8.27. The molecule has 4 heterocycles. The van der Waals surface area contributed by atoms with Gasteiger partial charge in [0.05, 0.1) is 61.6 Å². The number of fused-ring (bicyclic) bond motifs is 7. The molecule has 4 saturated carbocycles. The van der Waals surface area contributed by atoms with E-state index in [1.807, 2.05) is 47.6 Å². The highest BCUT2D eigenvalue weighted by Crippen LogP contribution is 2.76. The second kappa shape index (κ2) is 31.1. The van der Waals surface area contributed by atoms with Crippen LogP contribution in [-0.4, -0.2) is 257 Å². The van der Waals surface area contributed by atoms with Crippen LogP contribution in [0, 0.1) is 62.1 Å². The third kappa shape index (κ3) is 14.9. The monoisotopic (exact) mass is 1430 g/mol. The van der Waals surface area contributed by atoms with Crippen LogP contribution in [0.15, 0.2) is 53.6 Å². The van der Waals surface area contributed by atoms with E-state index in [1.165, 1.54) is 13.8 Å². The minimum atomic E-state index is -2.13. The largest absolute Gasteiger partial charge is 0.479 e. The number of benzene rings is 1. The Hall–Kier alpha value is -4.51. The number of esters is 3. The van der Waals surface area contributed by atoms with Crippen molar-refractivity contribution in [3.8, 4) is 0 Å². The van der Waals surface area contributed by atoms with Crippen LogP contribution >= 0.6 is 0 Å². The number of carbonyl (C=O) groups is 5. The molecule has 8 fully saturated rings. The van der Waals surface area contributed by atoms with E-state index in [-0.39, 0.29) is 37.1 Å². The van der Waals surface area contributed by atoms with Gasteiger partial charge in [-0.05, 0) is 149 Å². The van der Waals surface area contributed by atoms with Gasteiger partial charge in [0.15, 0.2) is 36.9 Å². The number of carboxylic acids is 1. The van der Waals surface area contributed by atoms with Crippen molar-refractivity contribution < 1.29 is 138 Å². The Balaban J connectivity index is 0.00000161. The predicted molar refractivity (Wildman–Crippen MR) is 353 cm³/mol. The lowest BCUT2D eigenvalue weighted by Gasteiger charge is -2.73. The molecule has 4 saturated heterocycles. The van der Waals surface area contributed by atoms with Crippen molar-refractivity contribution >= 4 is 29.7 Å². The molecule has 0 amide bonds. The van der Waals surface area contributed by atoms with Gasteiger partial charge in [0, 0.05) is 12.8 Å². The molecule has 28 heteroatoms. The van der Waals surface area contributed by atoms with Gasteiger partial charge in [-0.25, -0.2) is 9.59 Å². The lowest BCUT2D eigenvalue weighted by Crippen LogP contribution is -2.71. The third-order valence-electron chi connectivity index (χ3n) is 25.6. The zero-order chi connectivity index (χ0) is 74.7. The average molecular weight is 1440 g/mol. The number of allylic oxidation sites excluding steroid dienone is 4. The summed E-state index contributed by atoms with van der Waals surface area (Å²) in [7, 11) is 0. The van der Waals surface area contributed by atoms with Crippen molar-refractivity contribution in [1.82, 2.24) is 0 Å². The number of hydrogen-bond donors (Lipinski definition) is 13. The first-order valence-corrected chi connectivity index (χ1v) is 35.5. The van der Waals surface area contributed by atoms with Crippen LogP contribution in [-0.2, 0) is 66.5 Å². The van der Waals surface area contributed by atoms with Crippen molar-refractivity contribution in [1.29, 1.82) is 0 Å². The second-order valence-electron chi connectivity index (χ2n) is 31.9. The Bertz CT molecular complexity index is 3140. The van der Waals surface area contributed by atoms with Crippen molar-refractivity contribution in [3.05, 3.63) is 59.2 Å². The molecule has 5 aliphatic carbocycles. The van der Waals surface area contributed by atoms with Gasteiger partial charge in [-0.2, -0.15) is 0 Å². The van der Waals surface area contributed by atoms with E-state index in [4.69, 9.17) is 47.4 Å². The zero-order valence-corrected chi connectivity index (χ0v) is 60.1. The van der Waals surface area contributed by atoms with Gasteiger partial charge >= 0.3 is 23.9 Å². The summed E-state index contributed by atoms with van der Waals surface area (Å²) in [5.74, 6) is -5.85. The van der Waals surface area contributed by atoms with Crippen molar-refractivity contribution in [2.45, 2.75) is 276 Å².